The molecule has 0 N–H and O–H groups in total. The van der Waals surface area contributed by atoms with Gasteiger partial charge in [-0.2, -0.15) is 0 Å². The fourth-order valence-electron chi connectivity index (χ4n) is 3.10. The molecule has 0 aliphatic carbocycles. The molecule has 0 saturated carbocycles. The zero-order chi connectivity index (χ0) is 17.9. The van der Waals surface area contributed by atoms with Crippen LogP contribution < -0.4 is 4.74 Å². The van der Waals surface area contributed by atoms with Crippen molar-refractivity contribution >= 4 is 0 Å². The molecule has 0 bridgehead atoms. The third-order valence-corrected chi connectivity index (χ3v) is 4.80. The number of rotatable bonds is 12. The Morgan fingerprint density at radius 1 is 1.08 bits per heavy atom. The Balaban J connectivity index is 2.78. The number of hydrogen-bond donors (Lipinski definition) is 0. The molecule has 0 saturated heterocycles. The van der Waals surface area contributed by atoms with Crippen molar-refractivity contribution in [1.82, 2.24) is 4.90 Å². The van der Waals surface area contributed by atoms with Crippen LogP contribution in [0.2, 0.25) is 0 Å². The molecule has 0 aliphatic heterocycles. The highest BCUT2D eigenvalue weighted by atomic mass is 19.1. The second-order valence-corrected chi connectivity index (χ2v) is 6.80. The minimum atomic E-state index is -0.258. The average molecular weight is 338 g/mol. The molecule has 0 heterocycles. The average Bonchev–Trinajstić information content (AvgIpc) is 2.57. The maximum absolute atomic E-state index is 14.2. The van der Waals surface area contributed by atoms with Gasteiger partial charge in [0.1, 0.15) is 0 Å². The van der Waals surface area contributed by atoms with Crippen molar-refractivity contribution in [2.75, 3.05) is 6.54 Å². The molecular formula is C21H36FNO. The third kappa shape index (κ3) is 6.80. The van der Waals surface area contributed by atoms with Gasteiger partial charge in [-0.1, -0.05) is 52.5 Å². The van der Waals surface area contributed by atoms with Gasteiger partial charge in [-0.25, -0.2) is 4.39 Å². The summed E-state index contributed by atoms with van der Waals surface area (Å²) in [6.07, 6.45) is 8.15. The van der Waals surface area contributed by atoms with Crippen molar-refractivity contribution < 1.29 is 9.13 Å². The summed E-state index contributed by atoms with van der Waals surface area (Å²) in [7, 11) is 0. The molecule has 2 nitrogen and oxygen atoms in total. The zero-order valence-corrected chi connectivity index (χ0v) is 16.3. The smallest absolute Gasteiger partial charge is 0.165 e. The van der Waals surface area contributed by atoms with Crippen LogP contribution in [0, 0.1) is 12.7 Å². The van der Waals surface area contributed by atoms with E-state index in [1.165, 1.54) is 25.7 Å². The Kier molecular flexibility index (Phi) is 10.0. The van der Waals surface area contributed by atoms with Crippen LogP contribution in [-0.4, -0.2) is 23.7 Å². The first-order valence-electron chi connectivity index (χ1n) is 9.71. The molecule has 3 heteroatoms. The molecule has 2 unspecified atom stereocenters. The van der Waals surface area contributed by atoms with E-state index in [0.717, 1.165) is 31.4 Å². The van der Waals surface area contributed by atoms with E-state index >= 15 is 0 Å². The van der Waals surface area contributed by atoms with Crippen molar-refractivity contribution in [2.24, 2.45) is 0 Å². The van der Waals surface area contributed by atoms with Gasteiger partial charge in [0, 0.05) is 6.04 Å². The molecule has 1 aromatic rings. The maximum atomic E-state index is 14.2. The highest BCUT2D eigenvalue weighted by Gasteiger charge is 2.23. The van der Waals surface area contributed by atoms with Crippen LogP contribution in [0.3, 0.4) is 0 Å². The summed E-state index contributed by atoms with van der Waals surface area (Å²) in [6, 6.07) is 5.66. The Bertz CT molecular complexity index is 463. The first kappa shape index (κ1) is 21.0. The number of aryl methyl sites for hydroxylation is 1. The Hall–Kier alpha value is -1.09. The van der Waals surface area contributed by atoms with Gasteiger partial charge in [0.25, 0.3) is 0 Å². The SMILES string of the molecule is CCCCCCCC(Oc1ccc(C)cc1F)N(CC)C(C)CC. The second-order valence-electron chi connectivity index (χ2n) is 6.80. The maximum Gasteiger partial charge on any atom is 0.165 e. The summed E-state index contributed by atoms with van der Waals surface area (Å²) in [5.41, 5.74) is 0.922. The Morgan fingerprint density at radius 2 is 1.79 bits per heavy atom. The first-order valence-corrected chi connectivity index (χ1v) is 9.71. The number of hydrogen-bond acceptors (Lipinski definition) is 2. The van der Waals surface area contributed by atoms with Crippen LogP contribution in [0.15, 0.2) is 18.2 Å². The molecular weight excluding hydrogens is 301 g/mol. The van der Waals surface area contributed by atoms with Gasteiger partial charge in [-0.3, -0.25) is 4.90 Å². The van der Waals surface area contributed by atoms with E-state index in [1.807, 2.05) is 13.0 Å². The molecule has 24 heavy (non-hydrogen) atoms. The molecule has 0 spiro atoms. The molecule has 0 aliphatic rings. The van der Waals surface area contributed by atoms with E-state index in [2.05, 4.69) is 32.6 Å². The zero-order valence-electron chi connectivity index (χ0n) is 16.3. The van der Waals surface area contributed by atoms with Gasteiger partial charge in [-0.15, -0.1) is 0 Å². The molecule has 2 atom stereocenters. The molecule has 0 amide bonds. The normalized spacial score (nSPS) is 14.0. The highest BCUT2D eigenvalue weighted by Crippen LogP contribution is 2.24. The first-order chi connectivity index (χ1) is 11.5. The molecule has 138 valence electrons. The topological polar surface area (TPSA) is 12.5 Å². The van der Waals surface area contributed by atoms with Crippen molar-refractivity contribution in [3.8, 4) is 5.75 Å². The standard InChI is InChI=1S/C21H36FNO/c1-6-9-10-11-12-13-21(23(8-3)18(5)7-2)24-20-15-14-17(4)16-19(20)22/h14-16,18,21H,6-13H2,1-5H3. The molecule has 1 aromatic carbocycles. The van der Waals surface area contributed by atoms with Gasteiger partial charge < -0.3 is 4.74 Å². The second kappa shape index (κ2) is 11.5. The number of nitrogens with zero attached hydrogens (tertiary/aromatic N) is 1. The van der Waals surface area contributed by atoms with E-state index in [9.17, 15) is 4.39 Å². The predicted molar refractivity (Wildman–Crippen MR) is 101 cm³/mol. The monoisotopic (exact) mass is 337 g/mol. The number of benzene rings is 1. The number of halogens is 1. The lowest BCUT2D eigenvalue weighted by Gasteiger charge is -2.35. The lowest BCUT2D eigenvalue weighted by atomic mass is 10.1. The van der Waals surface area contributed by atoms with Crippen molar-refractivity contribution in [3.63, 3.8) is 0 Å². The summed E-state index contributed by atoms with van der Waals surface area (Å²) in [4.78, 5) is 2.36. The summed E-state index contributed by atoms with van der Waals surface area (Å²) in [6.45, 7) is 11.6. The van der Waals surface area contributed by atoms with Gasteiger partial charge in [0.05, 0.1) is 0 Å². The van der Waals surface area contributed by atoms with Crippen molar-refractivity contribution in [2.45, 2.75) is 91.8 Å². The lowest BCUT2D eigenvalue weighted by molar-refractivity contribution is -0.00808. The minimum absolute atomic E-state index is 0.0521. The van der Waals surface area contributed by atoms with Gasteiger partial charge in [0.15, 0.2) is 17.8 Å². The van der Waals surface area contributed by atoms with Crippen molar-refractivity contribution in [3.05, 3.63) is 29.6 Å². The molecule has 0 radical (unpaired) electrons. The van der Waals surface area contributed by atoms with Gasteiger partial charge in [-0.05, 0) is 57.4 Å². The Labute approximate surface area is 148 Å². The summed E-state index contributed by atoms with van der Waals surface area (Å²) < 4.78 is 20.3. The lowest BCUT2D eigenvalue weighted by Crippen LogP contribution is -2.44. The summed E-state index contributed by atoms with van der Waals surface area (Å²) >= 11 is 0. The molecule has 0 aromatic heterocycles. The fourth-order valence-corrected chi connectivity index (χ4v) is 3.10. The molecule has 0 fully saturated rings. The van der Waals surface area contributed by atoms with E-state index in [1.54, 1.807) is 12.1 Å². The number of ether oxygens (including phenoxy) is 1. The largest absolute Gasteiger partial charge is 0.472 e. The highest BCUT2D eigenvalue weighted by molar-refractivity contribution is 5.28. The quantitative estimate of drug-likeness (QED) is 0.327. The summed E-state index contributed by atoms with van der Waals surface area (Å²) in [5, 5.41) is 0. The Morgan fingerprint density at radius 3 is 2.38 bits per heavy atom. The number of unbranched alkanes of at least 4 members (excludes halogenated alkanes) is 4. The minimum Gasteiger partial charge on any atom is -0.472 e. The summed E-state index contributed by atoms with van der Waals surface area (Å²) in [5.74, 6) is 0.118. The van der Waals surface area contributed by atoms with E-state index in [4.69, 9.17) is 4.74 Å². The van der Waals surface area contributed by atoms with E-state index in [-0.39, 0.29) is 12.0 Å². The fraction of sp³-hybridized carbons (Fsp3) is 0.714. The van der Waals surface area contributed by atoms with Crippen LogP contribution in [0.4, 0.5) is 4.39 Å². The van der Waals surface area contributed by atoms with E-state index < -0.39 is 0 Å². The van der Waals surface area contributed by atoms with E-state index in [0.29, 0.717) is 11.8 Å². The van der Waals surface area contributed by atoms with Crippen LogP contribution in [0.5, 0.6) is 5.75 Å². The predicted octanol–water partition coefficient (Wildman–Crippen LogP) is 6.32. The van der Waals surface area contributed by atoms with Crippen LogP contribution in [0.1, 0.15) is 78.2 Å². The third-order valence-electron chi connectivity index (χ3n) is 4.80. The van der Waals surface area contributed by atoms with Crippen LogP contribution in [0.25, 0.3) is 0 Å². The van der Waals surface area contributed by atoms with Crippen LogP contribution in [-0.2, 0) is 0 Å². The van der Waals surface area contributed by atoms with Gasteiger partial charge in [0.2, 0.25) is 0 Å². The van der Waals surface area contributed by atoms with Crippen molar-refractivity contribution in [1.29, 1.82) is 0 Å². The molecule has 1 rings (SSSR count). The van der Waals surface area contributed by atoms with Crippen LogP contribution >= 0.6 is 0 Å². The van der Waals surface area contributed by atoms with Gasteiger partial charge >= 0.3 is 0 Å².